The van der Waals surface area contributed by atoms with E-state index in [0.29, 0.717) is 31.7 Å². The van der Waals surface area contributed by atoms with Gasteiger partial charge in [0.05, 0.1) is 12.0 Å². The van der Waals surface area contributed by atoms with Gasteiger partial charge in [0, 0.05) is 24.3 Å². The second kappa shape index (κ2) is 10.1. The number of carbonyl (C=O) groups excluding carboxylic acids is 2. The van der Waals surface area contributed by atoms with Gasteiger partial charge in [0.25, 0.3) is 0 Å². The molecule has 0 aromatic carbocycles. The van der Waals surface area contributed by atoms with Crippen LogP contribution in [0.3, 0.4) is 0 Å². The van der Waals surface area contributed by atoms with Crippen molar-refractivity contribution in [3.63, 3.8) is 0 Å². The van der Waals surface area contributed by atoms with Gasteiger partial charge in [-0.1, -0.05) is 26.7 Å². The van der Waals surface area contributed by atoms with Crippen molar-refractivity contribution in [2.75, 3.05) is 11.4 Å². The minimum Gasteiger partial charge on any atom is -0.426 e. The summed E-state index contributed by atoms with van der Waals surface area (Å²) in [5, 5.41) is 23.0. The molecule has 2 aliphatic rings. The van der Waals surface area contributed by atoms with Crippen molar-refractivity contribution in [3.05, 3.63) is 11.1 Å². The maximum Gasteiger partial charge on any atom is 0.475 e. The van der Waals surface area contributed by atoms with Crippen molar-refractivity contribution >= 4 is 35.3 Å². The van der Waals surface area contributed by atoms with E-state index in [1.165, 1.54) is 0 Å². The van der Waals surface area contributed by atoms with Crippen LogP contribution in [-0.4, -0.2) is 52.4 Å². The van der Waals surface area contributed by atoms with Crippen LogP contribution in [0.4, 0.5) is 18.3 Å². The van der Waals surface area contributed by atoms with Gasteiger partial charge in [-0.3, -0.25) is 9.59 Å². The Labute approximate surface area is 189 Å². The van der Waals surface area contributed by atoms with Crippen molar-refractivity contribution in [2.24, 2.45) is 17.8 Å². The number of halogens is 3. The number of ketones is 1. The Kier molecular flexibility index (Phi) is 7.87. The van der Waals surface area contributed by atoms with Crippen LogP contribution in [0.5, 0.6) is 0 Å². The lowest BCUT2D eigenvalue weighted by molar-refractivity contribution is -0.140. The van der Waals surface area contributed by atoms with Crippen molar-refractivity contribution in [3.8, 4) is 0 Å². The van der Waals surface area contributed by atoms with Crippen molar-refractivity contribution in [1.29, 1.82) is 0 Å². The summed E-state index contributed by atoms with van der Waals surface area (Å²) >= 11 is 0.852. The van der Waals surface area contributed by atoms with E-state index in [0.717, 1.165) is 29.6 Å². The van der Waals surface area contributed by atoms with Crippen LogP contribution < -0.4 is 10.2 Å². The molecule has 0 radical (unpaired) electrons. The highest BCUT2D eigenvalue weighted by molar-refractivity contribution is 7.13. The van der Waals surface area contributed by atoms with Crippen LogP contribution in [-0.2, 0) is 15.8 Å². The summed E-state index contributed by atoms with van der Waals surface area (Å²) in [6.07, 6.45) is -1.16. The van der Waals surface area contributed by atoms with Gasteiger partial charge in [-0.05, 0) is 31.1 Å². The second-order valence-corrected chi connectivity index (χ2v) is 10.1. The zero-order valence-corrected chi connectivity index (χ0v) is 19.0. The fourth-order valence-electron chi connectivity index (χ4n) is 3.96. The zero-order chi connectivity index (χ0) is 23.6. The molecule has 178 valence electrons. The van der Waals surface area contributed by atoms with Gasteiger partial charge in [0.2, 0.25) is 5.91 Å². The standard InChI is InChI=1S/C20H29BF3N3O4S/c1-11(2)7-17(21(30)31)26-18(29)13(8-12-3-4-12)9-15(28)14-5-6-27(14)19-25-16(10-32-19)20(22,23)24/h10-14,17,30-31H,3-9H2,1-2H3,(H,26,29)/t13-,14+,17-/m1/s1. The second-order valence-electron chi connectivity index (χ2n) is 9.22. The fourth-order valence-corrected chi connectivity index (χ4v) is 4.87. The summed E-state index contributed by atoms with van der Waals surface area (Å²) in [4.78, 5) is 31.0. The molecule has 3 N–H and O–H groups in total. The number of anilines is 1. The first-order chi connectivity index (χ1) is 15.0. The monoisotopic (exact) mass is 475 g/mol. The lowest BCUT2D eigenvalue weighted by atomic mass is 9.74. The van der Waals surface area contributed by atoms with Gasteiger partial charge in [0.15, 0.2) is 16.6 Å². The molecular weight excluding hydrogens is 446 g/mol. The first-order valence-corrected chi connectivity index (χ1v) is 11.8. The van der Waals surface area contributed by atoms with E-state index in [1.807, 2.05) is 13.8 Å². The SMILES string of the molecule is CC(C)C[C@@H](NC(=O)[C@@H](CC(=O)[C@@H]1CCN1c1nc(C(F)(F)F)cs1)CC1CC1)B(O)O. The summed E-state index contributed by atoms with van der Waals surface area (Å²) in [5.41, 5.74) is -0.972. The normalized spacial score (nSPS) is 20.6. The minimum atomic E-state index is -4.53. The molecule has 1 aliphatic heterocycles. The highest BCUT2D eigenvalue weighted by atomic mass is 32.1. The third kappa shape index (κ3) is 6.45. The van der Waals surface area contributed by atoms with Crippen LogP contribution in [0, 0.1) is 17.8 Å². The molecule has 2 heterocycles. The number of nitrogens with one attached hydrogen (secondary N) is 1. The van der Waals surface area contributed by atoms with E-state index in [2.05, 4.69) is 10.3 Å². The Morgan fingerprint density at radius 2 is 2.00 bits per heavy atom. The number of alkyl halides is 3. The Morgan fingerprint density at radius 1 is 1.31 bits per heavy atom. The quantitative estimate of drug-likeness (QED) is 0.426. The van der Waals surface area contributed by atoms with Crippen LogP contribution in [0.1, 0.15) is 58.1 Å². The average molecular weight is 475 g/mol. The van der Waals surface area contributed by atoms with Crippen LogP contribution >= 0.6 is 11.3 Å². The predicted octanol–water partition coefficient (Wildman–Crippen LogP) is 2.66. The number of hydrogen-bond donors (Lipinski definition) is 3. The molecule has 1 saturated heterocycles. The Balaban J connectivity index is 1.64. The number of rotatable bonds is 11. The maximum atomic E-state index is 13.0. The van der Waals surface area contributed by atoms with Gasteiger partial charge >= 0.3 is 13.3 Å². The fraction of sp³-hybridized carbons (Fsp3) is 0.750. The van der Waals surface area contributed by atoms with E-state index in [9.17, 15) is 32.8 Å². The highest BCUT2D eigenvalue weighted by Crippen LogP contribution is 2.39. The molecule has 3 atom stereocenters. The van der Waals surface area contributed by atoms with E-state index < -0.39 is 36.9 Å². The third-order valence-electron chi connectivity index (χ3n) is 5.97. The van der Waals surface area contributed by atoms with E-state index in [-0.39, 0.29) is 29.2 Å². The molecule has 1 aromatic rings. The third-order valence-corrected chi connectivity index (χ3v) is 6.84. The van der Waals surface area contributed by atoms with Gasteiger partial charge in [-0.25, -0.2) is 4.98 Å². The summed E-state index contributed by atoms with van der Waals surface area (Å²) in [6, 6.07) is -0.591. The van der Waals surface area contributed by atoms with Gasteiger partial charge in [0.1, 0.15) is 0 Å². The summed E-state index contributed by atoms with van der Waals surface area (Å²) in [5.74, 6) is -1.52. The largest absolute Gasteiger partial charge is 0.475 e. The van der Waals surface area contributed by atoms with Gasteiger partial charge < -0.3 is 20.3 Å². The van der Waals surface area contributed by atoms with Crippen molar-refractivity contribution in [1.82, 2.24) is 10.3 Å². The molecule has 12 heteroatoms. The maximum absolute atomic E-state index is 13.0. The Morgan fingerprint density at radius 3 is 2.47 bits per heavy atom. The summed E-state index contributed by atoms with van der Waals surface area (Å²) in [7, 11) is -1.70. The molecule has 0 unspecified atom stereocenters. The highest BCUT2D eigenvalue weighted by Gasteiger charge is 2.41. The van der Waals surface area contributed by atoms with E-state index in [4.69, 9.17) is 0 Å². The first kappa shape index (κ1) is 25.0. The lowest BCUT2D eigenvalue weighted by Crippen LogP contribution is -2.54. The number of thiazole rings is 1. The molecule has 0 bridgehead atoms. The number of carbonyl (C=O) groups is 2. The number of nitrogens with zero attached hydrogens (tertiary/aromatic N) is 2. The Hall–Kier alpha value is -1.66. The molecular formula is C20H29BF3N3O4S. The molecule has 3 rings (SSSR count). The molecule has 1 amide bonds. The summed E-state index contributed by atoms with van der Waals surface area (Å²) in [6.45, 7) is 4.25. The molecule has 1 aliphatic carbocycles. The van der Waals surface area contributed by atoms with Crippen molar-refractivity contribution < 1.29 is 32.8 Å². The topological polar surface area (TPSA) is 103 Å². The zero-order valence-electron chi connectivity index (χ0n) is 18.1. The molecule has 1 aromatic heterocycles. The van der Waals surface area contributed by atoms with Crippen LogP contribution in [0.25, 0.3) is 0 Å². The predicted molar refractivity (Wildman–Crippen MR) is 115 cm³/mol. The number of aromatic nitrogens is 1. The van der Waals surface area contributed by atoms with E-state index >= 15 is 0 Å². The average Bonchev–Trinajstić information content (AvgIpc) is 3.32. The summed E-state index contributed by atoms with van der Waals surface area (Å²) < 4.78 is 38.5. The number of amides is 1. The van der Waals surface area contributed by atoms with E-state index in [1.54, 1.807) is 4.90 Å². The molecule has 32 heavy (non-hydrogen) atoms. The minimum absolute atomic E-state index is 0.0308. The van der Waals surface area contributed by atoms with Crippen molar-refractivity contribution in [2.45, 2.75) is 70.5 Å². The lowest BCUT2D eigenvalue weighted by Gasteiger charge is -2.40. The van der Waals surface area contributed by atoms with Crippen LogP contribution in [0.15, 0.2) is 5.38 Å². The van der Waals surface area contributed by atoms with Crippen LogP contribution in [0.2, 0.25) is 0 Å². The van der Waals surface area contributed by atoms with Gasteiger partial charge in [-0.15, -0.1) is 11.3 Å². The molecule has 1 saturated carbocycles. The molecule has 7 nitrogen and oxygen atoms in total. The molecule has 2 fully saturated rings. The smallest absolute Gasteiger partial charge is 0.426 e. The first-order valence-electron chi connectivity index (χ1n) is 10.9. The Bertz CT molecular complexity index is 816. The number of Topliss-reactive ketones (excluding diaryl/α,β-unsaturated/α-hetero) is 1. The number of hydrogen-bond acceptors (Lipinski definition) is 7. The van der Waals surface area contributed by atoms with Gasteiger partial charge in [-0.2, -0.15) is 13.2 Å². The molecule has 0 spiro atoms.